The van der Waals surface area contributed by atoms with Gasteiger partial charge in [-0.1, -0.05) is 0 Å². The molecule has 0 bridgehead atoms. The third-order valence-corrected chi connectivity index (χ3v) is 2.62. The average Bonchev–Trinajstić information content (AvgIpc) is 2.59. The number of rotatable bonds is 2. The first kappa shape index (κ1) is 11.1. The van der Waals surface area contributed by atoms with Crippen LogP contribution < -0.4 is 11.1 Å². The average molecular weight is 230 g/mol. The van der Waals surface area contributed by atoms with Gasteiger partial charge in [0.2, 0.25) is 0 Å². The summed E-state index contributed by atoms with van der Waals surface area (Å²) in [6.07, 6.45) is -1.75. The quantitative estimate of drug-likeness (QED) is 0.425. The van der Waals surface area contributed by atoms with E-state index in [1.807, 2.05) is 0 Å². The summed E-state index contributed by atoms with van der Waals surface area (Å²) in [6.45, 7) is -0.0950. The zero-order valence-corrected chi connectivity index (χ0v) is 8.54. The topological polar surface area (TPSA) is 120 Å². The summed E-state index contributed by atoms with van der Waals surface area (Å²) in [5.41, 5.74) is 5.33. The molecule has 3 atom stereocenters. The molecule has 2 heterocycles. The first-order valence-corrected chi connectivity index (χ1v) is 4.95. The zero-order valence-electron chi connectivity index (χ0n) is 8.54. The molecule has 2 aliphatic heterocycles. The number of nitrogens with two attached hydrogens (primary N) is 1. The van der Waals surface area contributed by atoms with E-state index in [0.717, 1.165) is 0 Å². The maximum atomic E-state index is 11.5. The summed E-state index contributed by atoms with van der Waals surface area (Å²) >= 11 is 0. The second kappa shape index (κ2) is 4.24. The van der Waals surface area contributed by atoms with Crippen molar-refractivity contribution in [3.8, 4) is 0 Å². The third-order valence-electron chi connectivity index (χ3n) is 2.62. The summed E-state index contributed by atoms with van der Waals surface area (Å²) in [4.78, 5) is 16.3. The van der Waals surface area contributed by atoms with Crippen molar-refractivity contribution in [2.75, 3.05) is 13.3 Å². The monoisotopic (exact) mass is 230 g/mol. The lowest BCUT2D eigenvalue weighted by Crippen LogP contribution is -2.52. The molecule has 0 aliphatic carbocycles. The number of hydrogen-bond acceptors (Lipinski definition) is 6. The van der Waals surface area contributed by atoms with Gasteiger partial charge in [-0.15, -0.1) is 0 Å². The molecule has 0 saturated carbocycles. The van der Waals surface area contributed by atoms with Gasteiger partial charge in [-0.05, 0) is 0 Å². The molecule has 0 aromatic heterocycles. The molecule has 0 aromatic carbocycles. The predicted molar refractivity (Wildman–Crippen MR) is 53.2 cm³/mol. The second-order valence-electron chi connectivity index (χ2n) is 3.70. The number of carbonyl (C=O) groups is 1. The van der Waals surface area contributed by atoms with Crippen LogP contribution >= 0.6 is 0 Å². The van der Waals surface area contributed by atoms with Gasteiger partial charge >= 0.3 is 6.03 Å². The highest BCUT2D eigenvalue weighted by molar-refractivity contribution is 5.93. The number of aliphatic hydroxyl groups is 2. The Morgan fingerprint density at radius 1 is 1.69 bits per heavy atom. The molecule has 16 heavy (non-hydrogen) atoms. The predicted octanol–water partition coefficient (Wildman–Crippen LogP) is -2.25. The minimum absolute atomic E-state index is 0.0681. The number of guanidine groups is 1. The molecule has 8 heteroatoms. The summed E-state index contributed by atoms with van der Waals surface area (Å²) in [6, 6.07) is -0.507. The van der Waals surface area contributed by atoms with E-state index in [1.54, 1.807) is 0 Å². The summed E-state index contributed by atoms with van der Waals surface area (Å²) < 4.78 is 5.32. The molecule has 0 spiro atoms. The largest absolute Gasteiger partial charge is 0.394 e. The van der Waals surface area contributed by atoms with Crippen molar-refractivity contribution in [2.45, 2.75) is 24.9 Å². The third kappa shape index (κ3) is 1.94. The molecule has 8 nitrogen and oxygen atoms in total. The van der Waals surface area contributed by atoms with E-state index < -0.39 is 24.5 Å². The molecule has 2 amide bonds. The van der Waals surface area contributed by atoms with E-state index in [1.165, 1.54) is 4.90 Å². The Hall–Kier alpha value is -1.38. The lowest BCUT2D eigenvalue weighted by atomic mass is 10.2. The molecule has 1 fully saturated rings. The fourth-order valence-electron chi connectivity index (χ4n) is 1.74. The van der Waals surface area contributed by atoms with Crippen molar-refractivity contribution in [3.63, 3.8) is 0 Å². The second-order valence-corrected chi connectivity index (χ2v) is 3.70. The molecular formula is C8H14N4O4. The fraction of sp³-hybridized carbons (Fsp3) is 0.750. The van der Waals surface area contributed by atoms with Crippen molar-refractivity contribution < 1.29 is 19.7 Å². The number of nitrogens with zero attached hydrogens (tertiary/aromatic N) is 2. The Morgan fingerprint density at radius 3 is 3.00 bits per heavy atom. The summed E-state index contributed by atoms with van der Waals surface area (Å²) in [7, 11) is 0. The van der Waals surface area contributed by atoms with Crippen molar-refractivity contribution in [3.05, 3.63) is 0 Å². The van der Waals surface area contributed by atoms with Gasteiger partial charge < -0.3 is 26.0 Å². The van der Waals surface area contributed by atoms with Gasteiger partial charge in [-0.3, -0.25) is 4.90 Å². The van der Waals surface area contributed by atoms with Gasteiger partial charge in [0.25, 0.3) is 0 Å². The minimum atomic E-state index is -0.772. The first-order chi connectivity index (χ1) is 7.61. The van der Waals surface area contributed by atoms with Crippen LogP contribution in [0.2, 0.25) is 0 Å². The number of carbonyl (C=O) groups excluding carboxylic acids is 1. The molecule has 2 unspecified atom stereocenters. The van der Waals surface area contributed by atoms with Crippen molar-refractivity contribution >= 4 is 12.0 Å². The Balaban J connectivity index is 2.02. The van der Waals surface area contributed by atoms with Gasteiger partial charge in [0.05, 0.1) is 19.4 Å². The minimum Gasteiger partial charge on any atom is -0.394 e. The maximum absolute atomic E-state index is 11.5. The van der Waals surface area contributed by atoms with Crippen LogP contribution in [0.25, 0.3) is 0 Å². The molecule has 1 saturated heterocycles. The zero-order chi connectivity index (χ0) is 11.7. The van der Waals surface area contributed by atoms with Crippen molar-refractivity contribution in [1.82, 2.24) is 10.2 Å². The normalized spacial score (nSPS) is 34.9. The van der Waals surface area contributed by atoms with Crippen LogP contribution in [-0.2, 0) is 4.74 Å². The van der Waals surface area contributed by atoms with E-state index in [0.29, 0.717) is 0 Å². The van der Waals surface area contributed by atoms with Gasteiger partial charge in [0, 0.05) is 6.42 Å². The smallest absolute Gasteiger partial charge is 0.350 e. The summed E-state index contributed by atoms with van der Waals surface area (Å²) in [5, 5.41) is 21.1. The van der Waals surface area contributed by atoms with Crippen LogP contribution in [0.3, 0.4) is 0 Å². The highest BCUT2D eigenvalue weighted by atomic mass is 16.5. The van der Waals surface area contributed by atoms with Crippen LogP contribution in [-0.4, -0.2) is 58.8 Å². The highest BCUT2D eigenvalue weighted by Crippen LogP contribution is 2.23. The van der Waals surface area contributed by atoms with Gasteiger partial charge in [0.1, 0.15) is 12.3 Å². The van der Waals surface area contributed by atoms with Crippen LogP contribution in [0.15, 0.2) is 4.99 Å². The standard InChI is InChI=1S/C8H14N4O4/c9-7-10-3-12(8(15)11-7)6-1-4(14)5(2-13)16-6/h4-6,13-14H,1-3H2,(H3,9,10,11,15)/t4?,5?,6-/m1/s1. The van der Waals surface area contributed by atoms with E-state index in [4.69, 9.17) is 15.6 Å². The van der Waals surface area contributed by atoms with E-state index in [-0.39, 0.29) is 25.7 Å². The highest BCUT2D eigenvalue weighted by Gasteiger charge is 2.39. The van der Waals surface area contributed by atoms with Crippen molar-refractivity contribution in [2.24, 2.45) is 10.7 Å². The van der Waals surface area contributed by atoms with Crippen LogP contribution in [0, 0.1) is 0 Å². The number of aliphatic hydroxyl groups excluding tert-OH is 2. The van der Waals surface area contributed by atoms with Crippen LogP contribution in [0.4, 0.5) is 4.79 Å². The lowest BCUT2D eigenvalue weighted by Gasteiger charge is -2.29. The number of ether oxygens (including phenoxy) is 1. The Kier molecular flexibility index (Phi) is 2.95. The maximum Gasteiger partial charge on any atom is 0.350 e. The van der Waals surface area contributed by atoms with Gasteiger partial charge in [-0.2, -0.15) is 4.99 Å². The Bertz CT molecular complexity index is 321. The van der Waals surface area contributed by atoms with E-state index in [9.17, 15) is 9.90 Å². The number of aliphatic imine (C=N–C) groups is 1. The van der Waals surface area contributed by atoms with Crippen LogP contribution in [0.5, 0.6) is 0 Å². The Labute approximate surface area is 91.7 Å². The lowest BCUT2D eigenvalue weighted by molar-refractivity contribution is -0.0644. The molecule has 2 rings (SSSR count). The van der Waals surface area contributed by atoms with Gasteiger partial charge in [-0.25, -0.2) is 4.79 Å². The molecule has 90 valence electrons. The molecule has 0 aromatic rings. The Morgan fingerprint density at radius 2 is 2.44 bits per heavy atom. The van der Waals surface area contributed by atoms with E-state index >= 15 is 0 Å². The number of hydrogen-bond donors (Lipinski definition) is 4. The number of amides is 2. The molecule has 0 radical (unpaired) electrons. The van der Waals surface area contributed by atoms with E-state index in [2.05, 4.69) is 10.3 Å². The number of urea groups is 1. The first-order valence-electron chi connectivity index (χ1n) is 4.95. The molecule has 2 aliphatic rings. The summed E-state index contributed by atoms with van der Waals surface area (Å²) in [5.74, 6) is 0.0681. The van der Waals surface area contributed by atoms with Crippen molar-refractivity contribution in [1.29, 1.82) is 0 Å². The SMILES string of the molecule is NC1=NC(=O)N([C@H]2CC(O)C(CO)O2)CN1. The number of nitrogens with one attached hydrogen (secondary N) is 1. The fourth-order valence-corrected chi connectivity index (χ4v) is 1.74. The molecule has 5 N–H and O–H groups in total. The van der Waals surface area contributed by atoms with Crippen LogP contribution in [0.1, 0.15) is 6.42 Å². The van der Waals surface area contributed by atoms with Gasteiger partial charge in [0.15, 0.2) is 5.96 Å². The molecular weight excluding hydrogens is 216 g/mol.